The van der Waals surface area contributed by atoms with Crippen LogP contribution in [-0.4, -0.2) is 20.7 Å². The molecule has 4 aromatic rings. The minimum Gasteiger partial charge on any atom is -0.324 e. The first kappa shape index (κ1) is 22.6. The number of benzene rings is 3. The predicted molar refractivity (Wildman–Crippen MR) is 134 cm³/mol. The zero-order valence-electron chi connectivity index (χ0n) is 17.7. The van der Waals surface area contributed by atoms with Crippen LogP contribution in [0.25, 0.3) is 5.70 Å². The Balaban J connectivity index is 0.00000259. The van der Waals surface area contributed by atoms with Crippen molar-refractivity contribution >= 4 is 47.5 Å². The van der Waals surface area contributed by atoms with Gasteiger partial charge in [0.2, 0.25) is 5.95 Å². The van der Waals surface area contributed by atoms with Crippen LogP contribution in [0.2, 0.25) is 5.02 Å². The Bertz CT molecular complexity index is 1320. The molecule has 3 aromatic carbocycles. The molecule has 2 N–H and O–H groups in total. The molecular formula is C25H21Cl2N5O. The first-order chi connectivity index (χ1) is 15.6. The summed E-state index contributed by atoms with van der Waals surface area (Å²) in [5, 5.41) is 11.2. The van der Waals surface area contributed by atoms with Gasteiger partial charge in [-0.15, -0.1) is 17.5 Å². The second-order valence-electron chi connectivity index (χ2n) is 7.59. The van der Waals surface area contributed by atoms with E-state index in [1.807, 2.05) is 30.3 Å². The zero-order valence-corrected chi connectivity index (χ0v) is 19.3. The number of allylic oxidation sites excluding steroid dienone is 1. The molecule has 0 aliphatic carbocycles. The van der Waals surface area contributed by atoms with Crippen LogP contribution < -0.4 is 10.6 Å². The molecule has 1 aromatic heterocycles. The molecule has 1 aliphatic heterocycles. The number of hydrogen-bond acceptors (Lipinski definition) is 4. The van der Waals surface area contributed by atoms with E-state index in [0.717, 1.165) is 16.8 Å². The Morgan fingerprint density at radius 1 is 1.03 bits per heavy atom. The van der Waals surface area contributed by atoms with E-state index in [1.165, 1.54) is 5.56 Å². The van der Waals surface area contributed by atoms with Gasteiger partial charge < -0.3 is 5.32 Å². The van der Waals surface area contributed by atoms with Gasteiger partial charge in [-0.1, -0.05) is 77.8 Å². The maximum atomic E-state index is 12.7. The van der Waals surface area contributed by atoms with Gasteiger partial charge in [-0.2, -0.15) is 4.98 Å². The molecule has 0 radical (unpaired) electrons. The van der Waals surface area contributed by atoms with Crippen molar-refractivity contribution in [2.45, 2.75) is 13.0 Å². The molecule has 6 nitrogen and oxygen atoms in total. The number of carbonyl (C=O) groups excluding carboxylic acids is 1. The molecule has 0 spiro atoms. The number of nitrogens with one attached hydrogen (secondary N) is 2. The lowest BCUT2D eigenvalue weighted by molar-refractivity contribution is 0.102. The van der Waals surface area contributed by atoms with Crippen LogP contribution in [-0.2, 0) is 0 Å². The summed E-state index contributed by atoms with van der Waals surface area (Å²) in [7, 11) is 0. The number of aryl methyl sites for hydroxylation is 1. The first-order valence-corrected chi connectivity index (χ1v) is 10.6. The summed E-state index contributed by atoms with van der Waals surface area (Å²) < 4.78 is 1.78. The molecular weight excluding hydrogens is 457 g/mol. The second-order valence-corrected chi connectivity index (χ2v) is 8.03. The topological polar surface area (TPSA) is 71.8 Å². The van der Waals surface area contributed by atoms with Crippen LogP contribution in [0.4, 0.5) is 11.9 Å². The number of carbonyl (C=O) groups is 1. The molecule has 1 amide bonds. The lowest BCUT2D eigenvalue weighted by Crippen LogP contribution is -2.20. The third-order valence-electron chi connectivity index (χ3n) is 5.28. The van der Waals surface area contributed by atoms with Crippen molar-refractivity contribution in [1.29, 1.82) is 0 Å². The largest absolute Gasteiger partial charge is 0.324 e. The molecule has 2 heterocycles. The van der Waals surface area contributed by atoms with Gasteiger partial charge in [0.15, 0.2) is 0 Å². The number of aromatic nitrogens is 3. The molecule has 1 unspecified atom stereocenters. The molecule has 0 bridgehead atoms. The molecule has 8 heteroatoms. The van der Waals surface area contributed by atoms with Crippen molar-refractivity contribution in [1.82, 2.24) is 14.8 Å². The molecule has 1 aliphatic rings. The van der Waals surface area contributed by atoms with Gasteiger partial charge >= 0.3 is 0 Å². The summed E-state index contributed by atoms with van der Waals surface area (Å²) in [4.78, 5) is 17.2. The highest BCUT2D eigenvalue weighted by Crippen LogP contribution is 2.33. The number of fused-ring (bicyclic) bond motifs is 1. The van der Waals surface area contributed by atoms with Gasteiger partial charge in [0, 0.05) is 16.3 Å². The average molecular weight is 478 g/mol. The van der Waals surface area contributed by atoms with Crippen molar-refractivity contribution < 1.29 is 4.79 Å². The first-order valence-electron chi connectivity index (χ1n) is 10.2. The fourth-order valence-electron chi connectivity index (χ4n) is 3.64. The summed E-state index contributed by atoms with van der Waals surface area (Å²) in [5.41, 5.74) is 4.68. The number of halogens is 2. The van der Waals surface area contributed by atoms with Gasteiger partial charge in [-0.05, 0) is 42.3 Å². The summed E-state index contributed by atoms with van der Waals surface area (Å²) in [5.74, 6) is 0.453. The van der Waals surface area contributed by atoms with E-state index < -0.39 is 0 Å². The smallest absolute Gasteiger partial charge is 0.258 e. The highest BCUT2D eigenvalue weighted by molar-refractivity contribution is 6.31. The van der Waals surface area contributed by atoms with Crippen LogP contribution in [0.5, 0.6) is 0 Å². The van der Waals surface area contributed by atoms with E-state index in [1.54, 1.807) is 28.9 Å². The lowest BCUT2D eigenvalue weighted by atomic mass is 10.0. The minimum absolute atomic E-state index is 0. The molecule has 1 atom stereocenters. The van der Waals surface area contributed by atoms with Crippen molar-refractivity contribution in [3.63, 3.8) is 0 Å². The van der Waals surface area contributed by atoms with Crippen LogP contribution >= 0.6 is 24.0 Å². The highest BCUT2D eigenvalue weighted by atomic mass is 35.5. The third kappa shape index (κ3) is 4.77. The average Bonchev–Trinajstić information content (AvgIpc) is 3.22. The minimum atomic E-state index is -0.321. The molecule has 0 saturated carbocycles. The molecule has 33 heavy (non-hydrogen) atoms. The normalized spacial score (nSPS) is 14.4. The van der Waals surface area contributed by atoms with Gasteiger partial charge in [0.25, 0.3) is 11.9 Å². The van der Waals surface area contributed by atoms with E-state index in [9.17, 15) is 4.79 Å². The summed E-state index contributed by atoms with van der Waals surface area (Å²) >= 11 is 6.01. The quantitative estimate of drug-likeness (QED) is 0.379. The number of amides is 1. The third-order valence-corrected chi connectivity index (χ3v) is 5.52. The molecule has 5 rings (SSSR count). The van der Waals surface area contributed by atoms with E-state index in [-0.39, 0.29) is 30.3 Å². The maximum absolute atomic E-state index is 12.7. The Morgan fingerprint density at radius 3 is 2.52 bits per heavy atom. The lowest BCUT2D eigenvalue weighted by Gasteiger charge is -2.24. The van der Waals surface area contributed by atoms with E-state index >= 15 is 0 Å². The van der Waals surface area contributed by atoms with E-state index in [0.29, 0.717) is 16.5 Å². The predicted octanol–water partition coefficient (Wildman–Crippen LogP) is 5.97. The van der Waals surface area contributed by atoms with Crippen molar-refractivity contribution in [3.8, 4) is 0 Å². The Morgan fingerprint density at radius 2 is 1.79 bits per heavy atom. The number of rotatable bonds is 4. The SMILES string of the molecule is Cc1ccc(C2C=C(c3ccccc3)Nc3nc(NC(=O)c4cccc(Cl)c4)nn32)cc1.Cl. The van der Waals surface area contributed by atoms with Crippen molar-refractivity contribution in [2.75, 3.05) is 10.6 Å². The number of nitrogens with zero attached hydrogens (tertiary/aromatic N) is 3. The van der Waals surface area contributed by atoms with Crippen molar-refractivity contribution in [2.24, 2.45) is 0 Å². The Kier molecular flexibility index (Phi) is 6.49. The van der Waals surface area contributed by atoms with Crippen molar-refractivity contribution in [3.05, 3.63) is 112 Å². The Hall–Kier alpha value is -3.61. The maximum Gasteiger partial charge on any atom is 0.258 e. The summed E-state index contributed by atoms with van der Waals surface area (Å²) in [6.07, 6.45) is 2.12. The molecule has 0 saturated heterocycles. The monoisotopic (exact) mass is 477 g/mol. The standard InChI is InChI=1S/C25H20ClN5O.ClH/c1-16-10-12-18(13-11-16)22-15-21(17-6-3-2-4-7-17)27-25-29-24(30-31(22)25)28-23(32)19-8-5-9-20(26)14-19;/h2-15,22H,1H3,(H2,27,28,29,30,32);1H. The van der Waals surface area contributed by atoms with Gasteiger partial charge in [0.1, 0.15) is 6.04 Å². The van der Waals surface area contributed by atoms with E-state index in [4.69, 9.17) is 11.6 Å². The van der Waals surface area contributed by atoms with Gasteiger partial charge in [-0.25, -0.2) is 4.68 Å². The summed E-state index contributed by atoms with van der Waals surface area (Å²) in [6, 6.07) is 24.9. The van der Waals surface area contributed by atoms with Crippen LogP contribution in [0.15, 0.2) is 84.9 Å². The number of hydrogen-bond donors (Lipinski definition) is 2. The highest BCUT2D eigenvalue weighted by Gasteiger charge is 2.26. The molecule has 0 fully saturated rings. The summed E-state index contributed by atoms with van der Waals surface area (Å²) in [6.45, 7) is 2.06. The molecule has 166 valence electrons. The van der Waals surface area contributed by atoms with Gasteiger partial charge in [-0.3, -0.25) is 10.1 Å². The second kappa shape index (κ2) is 9.48. The van der Waals surface area contributed by atoms with Gasteiger partial charge in [0.05, 0.1) is 0 Å². The zero-order chi connectivity index (χ0) is 22.1. The van der Waals surface area contributed by atoms with Crippen LogP contribution in [0.3, 0.4) is 0 Å². The fourth-order valence-corrected chi connectivity index (χ4v) is 3.83. The van der Waals surface area contributed by atoms with Crippen LogP contribution in [0.1, 0.15) is 33.1 Å². The number of anilines is 2. The fraction of sp³-hybridized carbons (Fsp3) is 0.0800. The van der Waals surface area contributed by atoms with E-state index in [2.05, 4.69) is 58.0 Å². The Labute approximate surface area is 202 Å². The van der Waals surface area contributed by atoms with Crippen LogP contribution in [0, 0.1) is 6.92 Å².